The molecule has 0 bridgehead atoms. The Bertz CT molecular complexity index is 1590. The van der Waals surface area contributed by atoms with E-state index in [-0.39, 0.29) is 6.42 Å². The second-order valence-electron chi connectivity index (χ2n) is 9.74. The van der Waals surface area contributed by atoms with E-state index in [1.165, 1.54) is 0 Å². The minimum Gasteiger partial charge on any atom is -0.361 e. The minimum absolute atomic E-state index is 0.234. The standard InChI is InChI=1S/C31H31N5O3/c32-26(15-21-17-33-27-12-6-4-10-24(21)27)30(38)36-29(16-22-18-34-28-13-7-5-11-25(22)28)31(39)35-23(19-37)14-20-8-2-1-3-9-20/h1-13,17-19,23,26,29,33-34H,14-16,32H2,(H,35,39)(H,36,38)/t23-,26-,29-/m1/s1. The van der Waals surface area contributed by atoms with E-state index in [4.69, 9.17) is 5.73 Å². The molecule has 2 amide bonds. The number of aromatic nitrogens is 2. The third kappa shape index (κ3) is 6.08. The summed E-state index contributed by atoms with van der Waals surface area (Å²) in [6.45, 7) is 0. The van der Waals surface area contributed by atoms with Crippen LogP contribution in [0.15, 0.2) is 91.3 Å². The van der Waals surface area contributed by atoms with Gasteiger partial charge < -0.3 is 31.1 Å². The molecule has 0 fully saturated rings. The average molecular weight is 522 g/mol. The predicted octanol–water partition coefficient (Wildman–Crippen LogP) is 3.17. The number of nitrogens with two attached hydrogens (primary N) is 1. The van der Waals surface area contributed by atoms with Crippen LogP contribution in [0.5, 0.6) is 0 Å². The fourth-order valence-electron chi connectivity index (χ4n) is 4.92. The lowest BCUT2D eigenvalue weighted by Crippen LogP contribution is -2.55. The largest absolute Gasteiger partial charge is 0.361 e. The SMILES string of the molecule is N[C@H](Cc1c[nH]c2ccccc12)C(=O)N[C@H](Cc1c[nH]c2ccccc12)C(=O)N[C@@H](C=O)Cc1ccccc1. The van der Waals surface area contributed by atoms with Crippen LogP contribution in [0, 0.1) is 0 Å². The second kappa shape index (κ2) is 11.8. The molecular weight excluding hydrogens is 490 g/mol. The van der Waals surface area contributed by atoms with Gasteiger partial charge in [-0.05, 0) is 41.7 Å². The summed E-state index contributed by atoms with van der Waals surface area (Å²) >= 11 is 0. The van der Waals surface area contributed by atoms with Crippen LogP contribution in [0.25, 0.3) is 21.8 Å². The number of aldehydes is 1. The molecule has 0 saturated heterocycles. The van der Waals surface area contributed by atoms with Gasteiger partial charge in [0, 0.05) is 40.6 Å². The Morgan fingerprint density at radius 1 is 0.718 bits per heavy atom. The number of aromatic amines is 2. The molecular formula is C31H31N5O3. The lowest BCUT2D eigenvalue weighted by atomic mass is 10.0. The van der Waals surface area contributed by atoms with E-state index >= 15 is 0 Å². The zero-order valence-electron chi connectivity index (χ0n) is 21.4. The minimum atomic E-state index is -0.927. The van der Waals surface area contributed by atoms with Gasteiger partial charge in [0.1, 0.15) is 12.3 Å². The summed E-state index contributed by atoms with van der Waals surface area (Å²) in [7, 11) is 0. The maximum absolute atomic E-state index is 13.5. The van der Waals surface area contributed by atoms with E-state index in [0.717, 1.165) is 44.8 Å². The van der Waals surface area contributed by atoms with Gasteiger partial charge in [0.2, 0.25) is 11.8 Å². The van der Waals surface area contributed by atoms with Crippen molar-refractivity contribution in [2.45, 2.75) is 37.4 Å². The Hall–Kier alpha value is -4.69. The number of nitrogens with one attached hydrogen (secondary N) is 4. The molecule has 6 N–H and O–H groups in total. The fraction of sp³-hybridized carbons (Fsp3) is 0.194. The lowest BCUT2D eigenvalue weighted by Gasteiger charge is -2.22. The Morgan fingerprint density at radius 3 is 1.90 bits per heavy atom. The number of amides is 2. The molecule has 8 heteroatoms. The molecule has 0 aliphatic carbocycles. The zero-order valence-corrected chi connectivity index (χ0v) is 21.4. The van der Waals surface area contributed by atoms with Crippen LogP contribution in [0.1, 0.15) is 16.7 Å². The summed E-state index contributed by atoms with van der Waals surface area (Å²) in [4.78, 5) is 45.0. The number of rotatable bonds is 11. The van der Waals surface area contributed by atoms with Crippen molar-refractivity contribution < 1.29 is 14.4 Å². The maximum Gasteiger partial charge on any atom is 0.243 e. The Morgan fingerprint density at radius 2 is 1.28 bits per heavy atom. The van der Waals surface area contributed by atoms with Gasteiger partial charge in [-0.3, -0.25) is 9.59 Å². The van der Waals surface area contributed by atoms with Crippen molar-refractivity contribution in [3.8, 4) is 0 Å². The maximum atomic E-state index is 13.5. The zero-order chi connectivity index (χ0) is 27.2. The van der Waals surface area contributed by atoms with Crippen LogP contribution in [-0.4, -0.2) is 46.2 Å². The van der Waals surface area contributed by atoms with Gasteiger partial charge >= 0.3 is 0 Å². The molecule has 5 rings (SSSR count). The third-order valence-electron chi connectivity index (χ3n) is 6.97. The fourth-order valence-corrected chi connectivity index (χ4v) is 4.92. The molecule has 0 spiro atoms. The number of carbonyl (C=O) groups is 3. The number of para-hydroxylation sites is 2. The van der Waals surface area contributed by atoms with Crippen LogP contribution in [-0.2, 0) is 33.6 Å². The summed E-state index contributed by atoms with van der Waals surface area (Å²) in [6, 6.07) is 22.5. The molecule has 0 radical (unpaired) electrons. The first-order valence-corrected chi connectivity index (χ1v) is 13.0. The molecule has 0 saturated carbocycles. The van der Waals surface area contributed by atoms with E-state index in [2.05, 4.69) is 20.6 Å². The molecule has 3 aromatic carbocycles. The monoisotopic (exact) mass is 521 g/mol. The molecule has 0 aliphatic heterocycles. The Balaban J connectivity index is 1.33. The van der Waals surface area contributed by atoms with Gasteiger partial charge in [-0.25, -0.2) is 0 Å². The first-order valence-electron chi connectivity index (χ1n) is 13.0. The van der Waals surface area contributed by atoms with E-state index < -0.39 is 29.9 Å². The van der Waals surface area contributed by atoms with Gasteiger partial charge in [0.05, 0.1) is 12.1 Å². The highest BCUT2D eigenvalue weighted by molar-refractivity contribution is 5.92. The van der Waals surface area contributed by atoms with Gasteiger partial charge in [-0.2, -0.15) is 0 Å². The van der Waals surface area contributed by atoms with E-state index in [9.17, 15) is 14.4 Å². The van der Waals surface area contributed by atoms with Crippen molar-refractivity contribution in [2.24, 2.45) is 5.73 Å². The summed E-state index contributed by atoms with van der Waals surface area (Å²) in [5, 5.41) is 7.63. The van der Waals surface area contributed by atoms with Crippen molar-refractivity contribution in [3.05, 3.63) is 108 Å². The van der Waals surface area contributed by atoms with Crippen LogP contribution >= 0.6 is 0 Å². The summed E-state index contributed by atoms with van der Waals surface area (Å²) in [6.07, 6.45) is 5.30. The molecule has 8 nitrogen and oxygen atoms in total. The van der Waals surface area contributed by atoms with Crippen LogP contribution in [0.3, 0.4) is 0 Å². The number of hydrogen-bond acceptors (Lipinski definition) is 4. The summed E-state index contributed by atoms with van der Waals surface area (Å²) < 4.78 is 0. The number of carbonyl (C=O) groups excluding carboxylic acids is 3. The summed E-state index contributed by atoms with van der Waals surface area (Å²) in [5.74, 6) is -0.882. The molecule has 3 atom stereocenters. The van der Waals surface area contributed by atoms with Crippen molar-refractivity contribution in [1.29, 1.82) is 0 Å². The first-order chi connectivity index (χ1) is 19.0. The van der Waals surface area contributed by atoms with Gasteiger partial charge in [0.25, 0.3) is 0 Å². The van der Waals surface area contributed by atoms with Crippen LogP contribution < -0.4 is 16.4 Å². The molecule has 198 valence electrons. The van der Waals surface area contributed by atoms with Gasteiger partial charge in [-0.15, -0.1) is 0 Å². The van der Waals surface area contributed by atoms with Crippen molar-refractivity contribution in [2.75, 3.05) is 0 Å². The molecule has 39 heavy (non-hydrogen) atoms. The number of fused-ring (bicyclic) bond motifs is 2. The molecule has 0 unspecified atom stereocenters. The van der Waals surface area contributed by atoms with Crippen molar-refractivity contribution >= 4 is 39.9 Å². The quantitative estimate of drug-likeness (QED) is 0.171. The predicted molar refractivity (Wildman–Crippen MR) is 152 cm³/mol. The van der Waals surface area contributed by atoms with E-state index in [1.807, 2.05) is 91.3 Å². The van der Waals surface area contributed by atoms with Crippen molar-refractivity contribution in [3.63, 3.8) is 0 Å². The normalized spacial score (nSPS) is 13.6. The van der Waals surface area contributed by atoms with Crippen LogP contribution in [0.4, 0.5) is 0 Å². The smallest absolute Gasteiger partial charge is 0.243 e. The van der Waals surface area contributed by atoms with Gasteiger partial charge in [0.15, 0.2) is 0 Å². The highest BCUT2D eigenvalue weighted by Gasteiger charge is 2.27. The number of H-pyrrole nitrogens is 2. The molecule has 5 aromatic rings. The highest BCUT2D eigenvalue weighted by atomic mass is 16.2. The topological polar surface area (TPSA) is 133 Å². The average Bonchev–Trinajstić information content (AvgIpc) is 3.57. The van der Waals surface area contributed by atoms with Crippen molar-refractivity contribution in [1.82, 2.24) is 20.6 Å². The third-order valence-corrected chi connectivity index (χ3v) is 6.97. The molecule has 0 aliphatic rings. The van der Waals surface area contributed by atoms with Gasteiger partial charge in [-0.1, -0.05) is 66.7 Å². The Labute approximate surface area is 226 Å². The van der Waals surface area contributed by atoms with E-state index in [1.54, 1.807) is 0 Å². The van der Waals surface area contributed by atoms with Crippen LogP contribution in [0.2, 0.25) is 0 Å². The molecule has 2 aromatic heterocycles. The number of hydrogen-bond donors (Lipinski definition) is 5. The first kappa shape index (κ1) is 25.9. The number of benzene rings is 3. The Kier molecular flexibility index (Phi) is 7.84. The summed E-state index contributed by atoms with van der Waals surface area (Å²) in [5.41, 5.74) is 10.9. The second-order valence-corrected chi connectivity index (χ2v) is 9.74. The van der Waals surface area contributed by atoms with E-state index in [0.29, 0.717) is 12.8 Å². The molecule has 2 heterocycles. The lowest BCUT2D eigenvalue weighted by molar-refractivity contribution is -0.130. The highest BCUT2D eigenvalue weighted by Crippen LogP contribution is 2.21.